The Morgan fingerprint density at radius 3 is 1.46 bits per heavy atom. The zero-order valence-electron chi connectivity index (χ0n) is 26.9. The van der Waals surface area contributed by atoms with Gasteiger partial charge in [-0.05, 0) is 78.8 Å². The number of fused-ring (bicyclic) bond motifs is 6. The SMILES string of the molecule is C1CC2CNCC1O2.Nc1ccc(N2CC3CCC(C2)O3)cn1.Nc1ccc(N2CC3CCC(C2)O3)cn1.O=[N+]([O-])c1ccc(F)cn1. The van der Waals surface area contributed by atoms with E-state index in [2.05, 4.69) is 30.1 Å². The molecule has 14 nitrogen and oxygen atoms in total. The van der Waals surface area contributed by atoms with Crippen molar-refractivity contribution in [3.63, 3.8) is 0 Å². The molecule has 6 saturated heterocycles. The Morgan fingerprint density at radius 2 is 1.10 bits per heavy atom. The minimum Gasteiger partial charge on any atom is -0.384 e. The standard InChI is InChI=1S/2C11H15N3O.C6H11NO.C5H3FN2O2/c2*12-11-4-1-8(5-13-11)14-6-9-2-3-10(7-14)15-9;1-2-6-4-7-3-5(1)8-6;6-4-1-2-5(7-3-4)8(9)10/h2*1,4-5,9-10H,2-3,6-7H2,(H2,12,13);5-7H,1-4H2;1-3H. The van der Waals surface area contributed by atoms with Crippen molar-refractivity contribution in [1.29, 1.82) is 0 Å². The predicted octanol–water partition coefficient (Wildman–Crippen LogP) is 3.33. The van der Waals surface area contributed by atoms with Gasteiger partial charge in [0.2, 0.25) is 0 Å². The molecule has 0 saturated carbocycles. The van der Waals surface area contributed by atoms with Crippen LogP contribution in [0.1, 0.15) is 38.5 Å². The number of hydrogen-bond donors (Lipinski definition) is 3. The van der Waals surface area contributed by atoms with E-state index in [0.717, 1.165) is 69.0 Å². The fourth-order valence-electron chi connectivity index (χ4n) is 6.78. The van der Waals surface area contributed by atoms with E-state index in [9.17, 15) is 14.5 Å². The summed E-state index contributed by atoms with van der Waals surface area (Å²) in [6, 6.07) is 9.78. The van der Waals surface area contributed by atoms with Gasteiger partial charge in [0.25, 0.3) is 0 Å². The summed E-state index contributed by atoms with van der Waals surface area (Å²) in [6.45, 7) is 6.11. The predicted molar refractivity (Wildman–Crippen MR) is 179 cm³/mol. The van der Waals surface area contributed by atoms with Crippen LogP contribution in [0.15, 0.2) is 55.0 Å². The highest BCUT2D eigenvalue weighted by Crippen LogP contribution is 2.30. The average Bonchev–Trinajstić information content (AvgIpc) is 3.75. The van der Waals surface area contributed by atoms with Crippen LogP contribution in [-0.4, -0.2) is 95.8 Å². The molecule has 0 aliphatic carbocycles. The molecule has 3 aromatic rings. The zero-order chi connectivity index (χ0) is 33.5. The summed E-state index contributed by atoms with van der Waals surface area (Å²) in [5.74, 6) is 0.233. The molecule has 9 heterocycles. The lowest BCUT2D eigenvalue weighted by atomic mass is 10.2. The number of anilines is 4. The van der Waals surface area contributed by atoms with Crippen LogP contribution in [0.25, 0.3) is 0 Å². The van der Waals surface area contributed by atoms with Gasteiger partial charge in [-0.2, -0.15) is 0 Å². The van der Waals surface area contributed by atoms with Crippen LogP contribution in [0.4, 0.5) is 33.2 Å². The number of nitrogen functional groups attached to an aromatic ring is 2. The largest absolute Gasteiger partial charge is 0.384 e. The zero-order valence-corrected chi connectivity index (χ0v) is 26.9. The number of aromatic nitrogens is 3. The molecule has 48 heavy (non-hydrogen) atoms. The van der Waals surface area contributed by atoms with Crippen molar-refractivity contribution in [3.8, 4) is 0 Å². The summed E-state index contributed by atoms with van der Waals surface area (Å²) >= 11 is 0. The molecule has 15 heteroatoms. The van der Waals surface area contributed by atoms with E-state index in [0.29, 0.717) is 48.3 Å². The fraction of sp³-hybridized carbons (Fsp3) is 0.545. The van der Waals surface area contributed by atoms with E-state index >= 15 is 0 Å². The Balaban J connectivity index is 0.000000115. The molecule has 6 fully saturated rings. The van der Waals surface area contributed by atoms with Crippen molar-refractivity contribution < 1.29 is 23.5 Å². The average molecular weight is 666 g/mol. The van der Waals surface area contributed by atoms with Crippen LogP contribution in [0, 0.1) is 15.9 Å². The second-order valence-electron chi connectivity index (χ2n) is 12.8. The number of nitrogens with one attached hydrogen (secondary N) is 1. The number of pyridine rings is 3. The Morgan fingerprint density at radius 1 is 0.667 bits per heavy atom. The first-order valence-electron chi connectivity index (χ1n) is 16.6. The molecular weight excluding hydrogens is 621 g/mol. The molecule has 6 atom stereocenters. The molecule has 6 unspecified atom stereocenters. The molecule has 9 rings (SSSR count). The molecule has 3 aromatic heterocycles. The first kappa shape index (κ1) is 33.7. The molecule has 5 N–H and O–H groups in total. The topological polar surface area (TPSA) is 180 Å². The third-order valence-corrected chi connectivity index (χ3v) is 9.20. The van der Waals surface area contributed by atoms with Gasteiger partial charge in [-0.3, -0.25) is 0 Å². The number of nitrogens with zero attached hydrogens (tertiary/aromatic N) is 6. The van der Waals surface area contributed by atoms with Crippen molar-refractivity contribution in [2.24, 2.45) is 0 Å². The molecule has 0 amide bonds. The summed E-state index contributed by atoms with van der Waals surface area (Å²) in [5, 5.41) is 13.3. The Kier molecular flexibility index (Phi) is 11.1. The highest BCUT2D eigenvalue weighted by atomic mass is 19.1. The highest BCUT2D eigenvalue weighted by molar-refractivity contribution is 5.49. The number of halogens is 1. The summed E-state index contributed by atoms with van der Waals surface area (Å²) in [4.78, 5) is 25.4. The number of rotatable bonds is 3. The summed E-state index contributed by atoms with van der Waals surface area (Å²) in [6.07, 6.45) is 14.6. The maximum absolute atomic E-state index is 12.1. The van der Waals surface area contributed by atoms with Gasteiger partial charge in [-0.25, -0.2) is 14.4 Å². The minimum atomic E-state index is -0.681. The molecular formula is C33H44FN9O5. The van der Waals surface area contributed by atoms with E-state index in [4.69, 9.17) is 25.7 Å². The lowest BCUT2D eigenvalue weighted by molar-refractivity contribution is -0.389. The molecule has 6 aliphatic heterocycles. The van der Waals surface area contributed by atoms with Gasteiger partial charge >= 0.3 is 5.82 Å². The van der Waals surface area contributed by atoms with Gasteiger partial charge in [0.1, 0.15) is 11.6 Å². The molecule has 0 aromatic carbocycles. The van der Waals surface area contributed by atoms with E-state index < -0.39 is 10.7 Å². The van der Waals surface area contributed by atoms with Gasteiger partial charge in [0.05, 0.1) is 60.4 Å². The van der Waals surface area contributed by atoms with E-state index in [1.54, 1.807) is 0 Å². The number of morpholine rings is 3. The Labute approximate surface area is 279 Å². The summed E-state index contributed by atoms with van der Waals surface area (Å²) < 4.78 is 29.2. The number of hydrogen-bond acceptors (Lipinski definition) is 13. The maximum atomic E-state index is 12.1. The maximum Gasteiger partial charge on any atom is 0.363 e. The third kappa shape index (κ3) is 9.24. The second-order valence-corrected chi connectivity index (χ2v) is 12.8. The van der Waals surface area contributed by atoms with Gasteiger partial charge in [0, 0.05) is 45.3 Å². The lowest BCUT2D eigenvalue weighted by Crippen LogP contribution is -2.42. The van der Waals surface area contributed by atoms with Crippen LogP contribution in [0.2, 0.25) is 0 Å². The summed E-state index contributed by atoms with van der Waals surface area (Å²) in [7, 11) is 0. The minimum absolute atomic E-state index is 0.346. The monoisotopic (exact) mass is 665 g/mol. The molecule has 6 bridgehead atoms. The van der Waals surface area contributed by atoms with E-state index in [1.807, 2.05) is 36.7 Å². The number of nitro groups is 1. The van der Waals surface area contributed by atoms with Gasteiger partial charge in [0.15, 0.2) is 12.0 Å². The van der Waals surface area contributed by atoms with Crippen molar-refractivity contribution in [1.82, 2.24) is 20.3 Å². The third-order valence-electron chi connectivity index (χ3n) is 9.20. The Hall–Kier alpha value is -4.18. The molecule has 258 valence electrons. The van der Waals surface area contributed by atoms with Crippen LogP contribution >= 0.6 is 0 Å². The number of ether oxygens (including phenoxy) is 3. The highest BCUT2D eigenvalue weighted by Gasteiger charge is 2.35. The summed E-state index contributed by atoms with van der Waals surface area (Å²) in [5.41, 5.74) is 13.5. The van der Waals surface area contributed by atoms with Gasteiger partial charge in [-0.15, -0.1) is 0 Å². The second kappa shape index (κ2) is 15.8. The van der Waals surface area contributed by atoms with E-state index in [1.165, 1.54) is 38.5 Å². The molecule has 0 radical (unpaired) electrons. The van der Waals surface area contributed by atoms with Gasteiger partial charge < -0.3 is 50.9 Å². The fourth-order valence-corrected chi connectivity index (χ4v) is 6.78. The van der Waals surface area contributed by atoms with Crippen molar-refractivity contribution in [2.45, 2.75) is 75.1 Å². The van der Waals surface area contributed by atoms with Crippen LogP contribution in [-0.2, 0) is 14.2 Å². The van der Waals surface area contributed by atoms with Crippen LogP contribution < -0.4 is 26.6 Å². The Bertz CT molecular complexity index is 1360. The van der Waals surface area contributed by atoms with Crippen LogP contribution in [0.5, 0.6) is 0 Å². The smallest absolute Gasteiger partial charge is 0.363 e. The molecule has 6 aliphatic rings. The van der Waals surface area contributed by atoms with Crippen molar-refractivity contribution in [2.75, 3.05) is 60.5 Å². The quantitative estimate of drug-likeness (QED) is 0.274. The first-order chi connectivity index (χ1) is 23.3. The van der Waals surface area contributed by atoms with E-state index in [-0.39, 0.29) is 5.82 Å². The normalized spacial score (nSPS) is 27.9. The lowest BCUT2D eigenvalue weighted by Gasteiger charge is -2.33. The van der Waals surface area contributed by atoms with Gasteiger partial charge in [-0.1, -0.05) is 0 Å². The van der Waals surface area contributed by atoms with Crippen molar-refractivity contribution >= 4 is 28.8 Å². The molecule has 0 spiro atoms. The number of nitrogens with two attached hydrogens (primary N) is 2. The van der Waals surface area contributed by atoms with Crippen LogP contribution in [0.3, 0.4) is 0 Å². The first-order valence-corrected chi connectivity index (χ1v) is 16.6. The van der Waals surface area contributed by atoms with Crippen molar-refractivity contribution in [3.05, 3.63) is 70.9 Å².